The summed E-state index contributed by atoms with van der Waals surface area (Å²) in [6.07, 6.45) is -1.39. The Bertz CT molecular complexity index is 1560. The molecule has 8 heteroatoms. The lowest BCUT2D eigenvalue weighted by atomic mass is 9.40. The van der Waals surface area contributed by atoms with E-state index in [1.54, 1.807) is 32.9 Å². The number of aliphatic hydroxyl groups is 4. The van der Waals surface area contributed by atoms with Crippen LogP contribution in [0.25, 0.3) is 5.76 Å². The number of ketones is 3. The first-order chi connectivity index (χ1) is 19.1. The molecule has 0 bridgehead atoms. The van der Waals surface area contributed by atoms with E-state index in [-0.39, 0.29) is 23.3 Å². The van der Waals surface area contributed by atoms with Gasteiger partial charge >= 0.3 is 0 Å². The van der Waals surface area contributed by atoms with Crippen molar-refractivity contribution in [3.8, 4) is 5.75 Å². The molecular formula is C33H36O8. The third-order valence-electron chi connectivity index (χ3n) is 9.99. The first-order valence-corrected chi connectivity index (χ1v) is 13.8. The third-order valence-corrected chi connectivity index (χ3v) is 9.99. The van der Waals surface area contributed by atoms with Crippen LogP contribution in [-0.2, 0) is 20.8 Å². The van der Waals surface area contributed by atoms with Crippen molar-refractivity contribution in [3.63, 3.8) is 0 Å². The predicted molar refractivity (Wildman–Crippen MR) is 151 cm³/mol. The van der Waals surface area contributed by atoms with Gasteiger partial charge in [-0.25, -0.2) is 0 Å². The van der Waals surface area contributed by atoms with E-state index in [4.69, 9.17) is 0 Å². The molecule has 0 spiro atoms. The summed E-state index contributed by atoms with van der Waals surface area (Å²) in [5.74, 6) is -7.25. The maximum Gasteiger partial charge on any atom is 0.203 e. The van der Waals surface area contributed by atoms with Crippen LogP contribution >= 0.6 is 0 Å². The minimum atomic E-state index is -2.91. The average Bonchev–Trinajstić information content (AvgIpc) is 2.89. The maximum atomic E-state index is 14.6. The second kappa shape index (κ2) is 9.13. The molecule has 1 fully saturated rings. The van der Waals surface area contributed by atoms with Crippen LogP contribution in [-0.4, -0.2) is 54.6 Å². The van der Waals surface area contributed by atoms with E-state index in [0.717, 1.165) is 18.1 Å². The number of allylic oxidation sites excluding steroid dienone is 1. The quantitative estimate of drug-likeness (QED) is 0.348. The summed E-state index contributed by atoms with van der Waals surface area (Å²) < 4.78 is 0. The molecule has 0 amide bonds. The molecule has 0 aromatic heterocycles. The summed E-state index contributed by atoms with van der Waals surface area (Å²) in [6.45, 7) is 9.39. The lowest BCUT2D eigenvalue weighted by molar-refractivity contribution is -0.216. The van der Waals surface area contributed by atoms with Gasteiger partial charge in [-0.3, -0.25) is 14.4 Å². The van der Waals surface area contributed by atoms with Crippen molar-refractivity contribution in [1.29, 1.82) is 0 Å². The Morgan fingerprint density at radius 1 is 1.00 bits per heavy atom. The molecule has 3 aliphatic rings. The molecule has 0 radical (unpaired) electrons. The van der Waals surface area contributed by atoms with E-state index >= 15 is 0 Å². The second-order valence-electron chi connectivity index (χ2n) is 12.6. The van der Waals surface area contributed by atoms with Crippen molar-refractivity contribution < 1.29 is 39.9 Å². The second-order valence-corrected chi connectivity index (χ2v) is 12.6. The van der Waals surface area contributed by atoms with Gasteiger partial charge in [0, 0.05) is 22.7 Å². The van der Waals surface area contributed by atoms with E-state index < -0.39 is 74.7 Å². The van der Waals surface area contributed by atoms with Crippen LogP contribution in [0.15, 0.2) is 59.4 Å². The number of rotatable bonds is 4. The monoisotopic (exact) mass is 560 g/mol. The fourth-order valence-corrected chi connectivity index (χ4v) is 8.01. The van der Waals surface area contributed by atoms with E-state index in [1.807, 2.05) is 31.2 Å². The number of aryl methyl sites for hydroxylation is 1. The standard InChI is InChI=1S/C33H36O8/c1-15(2)24-26(36)22(17(4)34)28(38)33(41)29(39)25-27(37)23-19(8-7-9-21(23)35)20(14-18-12-10-16(3)11-13-18)31(25,5)30(40)32(24,33)6/h7-13,15,20,24,30,35,37-38,40-41H,14H2,1-6H3/t20-,24?,30-,31+,32+,33+/m1/s1. The highest BCUT2D eigenvalue weighted by Crippen LogP contribution is 2.68. The van der Waals surface area contributed by atoms with Gasteiger partial charge in [0.15, 0.2) is 17.2 Å². The van der Waals surface area contributed by atoms with Crippen LogP contribution in [0.2, 0.25) is 0 Å². The number of aliphatic hydroxyl groups excluding tert-OH is 3. The number of aromatic hydroxyl groups is 1. The number of Topliss-reactive ketones (excluding diaryl/α,β-unsaturated/α-hetero) is 3. The topological polar surface area (TPSA) is 152 Å². The molecule has 1 saturated carbocycles. The number of hydrogen-bond donors (Lipinski definition) is 5. The van der Waals surface area contributed by atoms with Crippen molar-refractivity contribution in [1.82, 2.24) is 0 Å². The van der Waals surface area contributed by atoms with Crippen molar-refractivity contribution in [3.05, 3.63) is 81.6 Å². The van der Waals surface area contributed by atoms with Crippen LogP contribution in [0, 0.1) is 29.6 Å². The van der Waals surface area contributed by atoms with Gasteiger partial charge in [0.2, 0.25) is 5.78 Å². The zero-order valence-electron chi connectivity index (χ0n) is 24.0. The van der Waals surface area contributed by atoms with Crippen LogP contribution in [0.3, 0.4) is 0 Å². The number of carbonyl (C=O) groups excluding carboxylic acids is 3. The van der Waals surface area contributed by atoms with E-state index in [2.05, 4.69) is 0 Å². The molecule has 6 atom stereocenters. The molecule has 0 heterocycles. The SMILES string of the molecule is CC(=O)C1=C(O)[C@]2(O)C(=O)C3=C(O)c4c(O)cccc4[C@@H](Cc4ccc(C)cc4)[C@]3(C)[C@@H](O)[C@]2(C)C(C(C)C)C1=O. The number of phenols is 1. The normalized spacial score (nSPS) is 33.0. The van der Waals surface area contributed by atoms with Gasteiger partial charge in [0.25, 0.3) is 0 Å². The summed E-state index contributed by atoms with van der Waals surface area (Å²) in [6, 6.07) is 12.4. The van der Waals surface area contributed by atoms with Gasteiger partial charge in [0.05, 0.1) is 17.2 Å². The zero-order chi connectivity index (χ0) is 30.4. The summed E-state index contributed by atoms with van der Waals surface area (Å²) in [4.78, 5) is 41.0. The predicted octanol–water partition coefficient (Wildman–Crippen LogP) is 4.25. The molecule has 5 rings (SSSR count). The molecule has 2 aromatic carbocycles. The molecule has 2 aromatic rings. The lowest BCUT2D eigenvalue weighted by Gasteiger charge is -2.64. The molecule has 8 nitrogen and oxygen atoms in total. The highest BCUT2D eigenvalue weighted by Gasteiger charge is 2.77. The maximum absolute atomic E-state index is 14.6. The molecule has 1 unspecified atom stereocenters. The van der Waals surface area contributed by atoms with Gasteiger partial charge in [-0.1, -0.05) is 69.7 Å². The first kappa shape index (κ1) is 28.8. The summed E-state index contributed by atoms with van der Waals surface area (Å²) in [5, 5.41) is 58.6. The van der Waals surface area contributed by atoms with Gasteiger partial charge in [-0.15, -0.1) is 0 Å². The Hall–Kier alpha value is -3.75. The lowest BCUT2D eigenvalue weighted by Crippen LogP contribution is -2.75. The molecule has 0 saturated heterocycles. The molecule has 41 heavy (non-hydrogen) atoms. The minimum absolute atomic E-state index is 0.00704. The van der Waals surface area contributed by atoms with Gasteiger partial charge in [-0.05, 0) is 43.4 Å². The smallest absolute Gasteiger partial charge is 0.203 e. The summed E-state index contributed by atoms with van der Waals surface area (Å²) in [7, 11) is 0. The Morgan fingerprint density at radius 3 is 2.17 bits per heavy atom. The van der Waals surface area contributed by atoms with E-state index in [0.29, 0.717) is 5.56 Å². The largest absolute Gasteiger partial charge is 0.508 e. The van der Waals surface area contributed by atoms with Crippen molar-refractivity contribution in [2.45, 2.75) is 65.6 Å². The van der Waals surface area contributed by atoms with E-state index in [9.17, 15) is 39.9 Å². The Morgan fingerprint density at radius 2 is 1.61 bits per heavy atom. The molecule has 216 valence electrons. The number of benzene rings is 2. The van der Waals surface area contributed by atoms with Crippen LogP contribution < -0.4 is 0 Å². The fourth-order valence-electron chi connectivity index (χ4n) is 8.01. The van der Waals surface area contributed by atoms with Crippen LogP contribution in [0.4, 0.5) is 0 Å². The van der Waals surface area contributed by atoms with Crippen molar-refractivity contribution >= 4 is 23.1 Å². The Balaban J connectivity index is 1.89. The van der Waals surface area contributed by atoms with Crippen LogP contribution in [0.1, 0.15) is 62.8 Å². The fraction of sp³-hybridized carbons (Fsp3) is 0.424. The average molecular weight is 561 g/mol. The summed E-state index contributed by atoms with van der Waals surface area (Å²) in [5.41, 5.74) is -5.17. The number of hydrogen-bond acceptors (Lipinski definition) is 8. The number of carbonyl (C=O) groups is 3. The molecule has 3 aliphatic carbocycles. The zero-order valence-corrected chi connectivity index (χ0v) is 24.0. The van der Waals surface area contributed by atoms with Crippen molar-refractivity contribution in [2.24, 2.45) is 22.7 Å². The third kappa shape index (κ3) is 3.44. The highest BCUT2D eigenvalue weighted by atomic mass is 16.4. The Labute approximate surface area is 238 Å². The van der Waals surface area contributed by atoms with Gasteiger partial charge < -0.3 is 25.5 Å². The Kier molecular flexibility index (Phi) is 6.40. The van der Waals surface area contributed by atoms with Gasteiger partial charge in [-0.2, -0.15) is 0 Å². The van der Waals surface area contributed by atoms with Crippen LogP contribution in [0.5, 0.6) is 5.75 Å². The number of phenolic OH excluding ortho intramolecular Hbond substituents is 1. The van der Waals surface area contributed by atoms with Crippen molar-refractivity contribution in [2.75, 3.05) is 0 Å². The minimum Gasteiger partial charge on any atom is -0.508 e. The first-order valence-electron chi connectivity index (χ1n) is 13.8. The molecule has 0 aliphatic heterocycles. The van der Waals surface area contributed by atoms with Gasteiger partial charge in [0.1, 0.15) is 22.8 Å². The molecular weight excluding hydrogens is 524 g/mol. The number of fused-ring (bicyclic) bond motifs is 3. The molecule has 5 N–H and O–H groups in total. The highest BCUT2D eigenvalue weighted by molar-refractivity contribution is 6.24. The summed E-state index contributed by atoms with van der Waals surface area (Å²) >= 11 is 0. The van der Waals surface area contributed by atoms with E-state index in [1.165, 1.54) is 13.0 Å².